The lowest BCUT2D eigenvalue weighted by Gasteiger charge is -2.17. The second kappa shape index (κ2) is 8.26. The lowest BCUT2D eigenvalue weighted by atomic mass is 10.1. The van der Waals surface area contributed by atoms with Crippen molar-refractivity contribution in [3.05, 3.63) is 58.9 Å². The van der Waals surface area contributed by atoms with E-state index in [1.807, 2.05) is 0 Å². The Morgan fingerprint density at radius 3 is 2.68 bits per heavy atom. The van der Waals surface area contributed by atoms with Gasteiger partial charge in [-0.1, -0.05) is 23.7 Å². The van der Waals surface area contributed by atoms with E-state index in [0.29, 0.717) is 5.02 Å². The maximum atomic E-state index is 13.9. The van der Waals surface area contributed by atoms with Crippen molar-refractivity contribution in [2.24, 2.45) is 5.92 Å². The molecule has 3 amide bonds. The Kier molecular flexibility index (Phi) is 5.79. The third-order valence-corrected chi connectivity index (χ3v) is 4.58. The standard InChI is InChI=1S/C19H17ClFN3O4/c1-28-16-7-6-12(20)9-13(16)19(27)23-22-18(26)11-8-17(25)24(10-11)15-5-3-2-4-14(15)21/h2-7,9,11H,8,10H2,1H3,(H,22,26)(H,23,27). The van der Waals surface area contributed by atoms with Crippen LogP contribution in [0.15, 0.2) is 42.5 Å². The number of nitrogens with zero attached hydrogens (tertiary/aromatic N) is 1. The number of hydrogen-bond acceptors (Lipinski definition) is 4. The van der Waals surface area contributed by atoms with Gasteiger partial charge in [-0.15, -0.1) is 0 Å². The molecule has 2 aromatic rings. The number of hydrogen-bond donors (Lipinski definition) is 2. The summed E-state index contributed by atoms with van der Waals surface area (Å²) in [6.07, 6.45) is -0.0868. The molecule has 0 aliphatic carbocycles. The Balaban J connectivity index is 1.63. The smallest absolute Gasteiger partial charge is 0.273 e. The molecule has 1 saturated heterocycles. The van der Waals surface area contributed by atoms with Gasteiger partial charge in [-0.05, 0) is 30.3 Å². The number of halogens is 2. The minimum Gasteiger partial charge on any atom is -0.496 e. The highest BCUT2D eigenvalue weighted by Gasteiger charge is 2.36. The zero-order chi connectivity index (χ0) is 20.3. The molecule has 146 valence electrons. The third-order valence-electron chi connectivity index (χ3n) is 4.34. The van der Waals surface area contributed by atoms with Gasteiger partial charge in [0.1, 0.15) is 11.6 Å². The molecular formula is C19H17ClFN3O4. The first kappa shape index (κ1) is 19.6. The second-order valence-electron chi connectivity index (χ2n) is 6.14. The Morgan fingerprint density at radius 1 is 1.21 bits per heavy atom. The fourth-order valence-corrected chi connectivity index (χ4v) is 3.10. The number of rotatable bonds is 4. The predicted molar refractivity (Wildman–Crippen MR) is 100 cm³/mol. The molecule has 0 bridgehead atoms. The molecule has 7 nitrogen and oxygen atoms in total. The molecule has 1 aliphatic rings. The van der Waals surface area contributed by atoms with Gasteiger partial charge >= 0.3 is 0 Å². The maximum absolute atomic E-state index is 13.9. The van der Waals surface area contributed by atoms with E-state index in [4.69, 9.17) is 16.3 Å². The second-order valence-corrected chi connectivity index (χ2v) is 6.58. The van der Waals surface area contributed by atoms with Crippen molar-refractivity contribution in [1.82, 2.24) is 10.9 Å². The zero-order valence-electron chi connectivity index (χ0n) is 14.9. The minimum atomic E-state index is -0.728. The predicted octanol–water partition coefficient (Wildman–Crippen LogP) is 2.30. The summed E-state index contributed by atoms with van der Waals surface area (Å²) >= 11 is 5.89. The Bertz CT molecular complexity index is 937. The molecule has 1 heterocycles. The summed E-state index contributed by atoms with van der Waals surface area (Å²) < 4.78 is 19.0. The van der Waals surface area contributed by atoms with Crippen molar-refractivity contribution in [1.29, 1.82) is 0 Å². The number of amides is 3. The van der Waals surface area contributed by atoms with E-state index in [-0.39, 0.29) is 35.9 Å². The van der Waals surface area contributed by atoms with Crippen LogP contribution >= 0.6 is 11.6 Å². The van der Waals surface area contributed by atoms with Gasteiger partial charge < -0.3 is 9.64 Å². The first-order valence-electron chi connectivity index (χ1n) is 8.39. The number of carbonyl (C=O) groups is 3. The molecule has 1 atom stereocenters. The van der Waals surface area contributed by atoms with E-state index in [9.17, 15) is 18.8 Å². The first-order chi connectivity index (χ1) is 13.4. The summed E-state index contributed by atoms with van der Waals surface area (Å²) in [6, 6.07) is 10.3. The summed E-state index contributed by atoms with van der Waals surface area (Å²) in [5.74, 6) is -2.53. The van der Waals surface area contributed by atoms with Crippen LogP contribution in [-0.2, 0) is 9.59 Å². The number of methoxy groups -OCH3 is 1. The van der Waals surface area contributed by atoms with Gasteiger partial charge in [-0.25, -0.2) is 4.39 Å². The minimum absolute atomic E-state index is 0.0158. The molecule has 2 N–H and O–H groups in total. The third kappa shape index (κ3) is 4.07. The molecule has 1 unspecified atom stereocenters. The van der Waals surface area contributed by atoms with Crippen LogP contribution in [0.4, 0.5) is 10.1 Å². The van der Waals surface area contributed by atoms with Crippen LogP contribution in [0.3, 0.4) is 0 Å². The highest BCUT2D eigenvalue weighted by molar-refractivity contribution is 6.31. The van der Waals surface area contributed by atoms with Crippen molar-refractivity contribution in [3.63, 3.8) is 0 Å². The fraction of sp³-hybridized carbons (Fsp3) is 0.211. The van der Waals surface area contributed by atoms with Gasteiger partial charge in [0.05, 0.1) is 24.3 Å². The van der Waals surface area contributed by atoms with Crippen molar-refractivity contribution in [3.8, 4) is 5.75 Å². The first-order valence-corrected chi connectivity index (χ1v) is 8.77. The SMILES string of the molecule is COc1ccc(Cl)cc1C(=O)NNC(=O)C1CC(=O)N(c2ccccc2F)C1. The number of benzene rings is 2. The number of hydrazine groups is 1. The van der Waals surface area contributed by atoms with Gasteiger partial charge in [0.15, 0.2) is 0 Å². The van der Waals surface area contributed by atoms with Crippen molar-refractivity contribution in [2.45, 2.75) is 6.42 Å². The topological polar surface area (TPSA) is 87.7 Å². The number of carbonyl (C=O) groups excluding carboxylic acids is 3. The van der Waals surface area contributed by atoms with Gasteiger partial charge in [-0.2, -0.15) is 0 Å². The average molecular weight is 406 g/mol. The quantitative estimate of drug-likeness (QED) is 0.764. The van der Waals surface area contributed by atoms with E-state index in [0.717, 1.165) is 0 Å². The summed E-state index contributed by atoms with van der Waals surface area (Å²) in [6.45, 7) is 0.0158. The molecule has 1 fully saturated rings. The van der Waals surface area contributed by atoms with Crippen LogP contribution in [0.5, 0.6) is 5.75 Å². The van der Waals surface area contributed by atoms with Gasteiger partial charge in [0, 0.05) is 18.0 Å². The summed E-state index contributed by atoms with van der Waals surface area (Å²) in [5, 5.41) is 0.333. The van der Waals surface area contributed by atoms with Gasteiger partial charge in [0.2, 0.25) is 11.8 Å². The highest BCUT2D eigenvalue weighted by atomic mass is 35.5. The molecule has 9 heteroatoms. The monoisotopic (exact) mass is 405 g/mol. The van der Waals surface area contributed by atoms with Crippen LogP contribution < -0.4 is 20.5 Å². The molecular weight excluding hydrogens is 389 g/mol. The molecule has 3 rings (SSSR count). The Hall–Kier alpha value is -3.13. The molecule has 28 heavy (non-hydrogen) atoms. The Labute approximate surface area is 165 Å². The maximum Gasteiger partial charge on any atom is 0.273 e. The van der Waals surface area contributed by atoms with Crippen LogP contribution in [0.2, 0.25) is 5.02 Å². The molecule has 2 aromatic carbocycles. The molecule has 0 aromatic heterocycles. The van der Waals surface area contributed by atoms with E-state index >= 15 is 0 Å². The van der Waals surface area contributed by atoms with E-state index in [1.165, 1.54) is 42.3 Å². The van der Waals surface area contributed by atoms with E-state index < -0.39 is 23.5 Å². The Morgan fingerprint density at radius 2 is 1.96 bits per heavy atom. The zero-order valence-corrected chi connectivity index (χ0v) is 15.6. The lowest BCUT2D eigenvalue weighted by Crippen LogP contribution is -2.45. The molecule has 1 aliphatic heterocycles. The average Bonchev–Trinajstić information content (AvgIpc) is 3.07. The highest BCUT2D eigenvalue weighted by Crippen LogP contribution is 2.27. The number of nitrogens with one attached hydrogen (secondary N) is 2. The van der Waals surface area contributed by atoms with Crippen LogP contribution in [0, 0.1) is 11.7 Å². The van der Waals surface area contributed by atoms with Crippen molar-refractivity contribution < 1.29 is 23.5 Å². The molecule has 0 saturated carbocycles. The fourth-order valence-electron chi connectivity index (χ4n) is 2.93. The number of ether oxygens (including phenoxy) is 1. The van der Waals surface area contributed by atoms with E-state index in [2.05, 4.69) is 10.9 Å². The van der Waals surface area contributed by atoms with Crippen LogP contribution in [-0.4, -0.2) is 31.4 Å². The normalized spacial score (nSPS) is 16.0. The number of anilines is 1. The van der Waals surface area contributed by atoms with Crippen LogP contribution in [0.25, 0.3) is 0 Å². The molecule has 0 radical (unpaired) electrons. The van der Waals surface area contributed by atoms with Crippen molar-refractivity contribution in [2.75, 3.05) is 18.6 Å². The molecule has 0 spiro atoms. The summed E-state index contributed by atoms with van der Waals surface area (Å²) in [7, 11) is 1.40. The van der Waals surface area contributed by atoms with E-state index in [1.54, 1.807) is 12.1 Å². The summed E-state index contributed by atoms with van der Waals surface area (Å²) in [5.41, 5.74) is 4.83. The largest absolute Gasteiger partial charge is 0.496 e. The van der Waals surface area contributed by atoms with Crippen LogP contribution in [0.1, 0.15) is 16.8 Å². The summed E-state index contributed by atoms with van der Waals surface area (Å²) in [4.78, 5) is 38.1. The van der Waals surface area contributed by atoms with Gasteiger partial charge in [-0.3, -0.25) is 25.2 Å². The van der Waals surface area contributed by atoms with Gasteiger partial charge in [0.25, 0.3) is 5.91 Å². The number of para-hydroxylation sites is 1. The lowest BCUT2D eigenvalue weighted by molar-refractivity contribution is -0.126. The van der Waals surface area contributed by atoms with Crippen molar-refractivity contribution >= 4 is 35.0 Å².